The Bertz CT molecular complexity index is 419. The zero-order chi connectivity index (χ0) is 12.3. The maximum absolute atomic E-state index is 11.0. The van der Waals surface area contributed by atoms with Crippen LogP contribution in [0.1, 0.15) is 56.6 Å². The molecule has 0 spiro atoms. The lowest BCUT2D eigenvalue weighted by Crippen LogP contribution is -1.92. The molecule has 0 N–H and O–H groups in total. The average molecular weight is 228 g/mol. The molecular formula is C16H20O. The highest BCUT2D eigenvalue weighted by Gasteiger charge is 2.16. The van der Waals surface area contributed by atoms with Gasteiger partial charge in [-0.15, -0.1) is 0 Å². The third-order valence-corrected chi connectivity index (χ3v) is 3.61. The number of carbonyl (C=O) groups excluding carboxylic acids is 1. The maximum atomic E-state index is 11.0. The predicted octanol–water partition coefficient (Wildman–Crippen LogP) is 4.34. The Kier molecular flexibility index (Phi) is 3.78. The van der Waals surface area contributed by atoms with Crippen LogP contribution in [-0.2, 0) is 4.79 Å². The van der Waals surface area contributed by atoms with E-state index < -0.39 is 0 Å². The van der Waals surface area contributed by atoms with Crippen molar-refractivity contribution in [2.75, 3.05) is 0 Å². The van der Waals surface area contributed by atoms with Crippen LogP contribution in [0.15, 0.2) is 30.3 Å². The van der Waals surface area contributed by atoms with Gasteiger partial charge in [0.15, 0.2) is 5.78 Å². The third-order valence-electron chi connectivity index (χ3n) is 3.61. The summed E-state index contributed by atoms with van der Waals surface area (Å²) < 4.78 is 0. The first-order chi connectivity index (χ1) is 8.16. The summed E-state index contributed by atoms with van der Waals surface area (Å²) in [5.41, 5.74) is 3.67. The average Bonchev–Trinajstić information content (AvgIpc) is 2.82. The van der Waals surface area contributed by atoms with E-state index >= 15 is 0 Å². The second kappa shape index (κ2) is 5.31. The smallest absolute Gasteiger partial charge is 0.152 e. The molecule has 1 aromatic carbocycles. The van der Waals surface area contributed by atoms with Crippen molar-refractivity contribution in [3.8, 4) is 0 Å². The summed E-state index contributed by atoms with van der Waals surface area (Å²) in [4.78, 5) is 11.0. The minimum atomic E-state index is 0.113. The zero-order valence-corrected chi connectivity index (χ0v) is 10.7. The van der Waals surface area contributed by atoms with Crippen molar-refractivity contribution in [1.29, 1.82) is 0 Å². The second-order valence-corrected chi connectivity index (χ2v) is 5.04. The van der Waals surface area contributed by atoms with Crippen molar-refractivity contribution in [2.24, 2.45) is 0 Å². The summed E-state index contributed by atoms with van der Waals surface area (Å²) in [5, 5.41) is 0. The molecule has 0 atom stereocenters. The normalized spacial score (nSPS) is 17.4. The summed E-state index contributed by atoms with van der Waals surface area (Å²) in [7, 11) is 0. The Morgan fingerprint density at radius 3 is 2.24 bits per heavy atom. The number of rotatable bonds is 3. The maximum Gasteiger partial charge on any atom is 0.152 e. The zero-order valence-electron chi connectivity index (χ0n) is 10.7. The minimum Gasteiger partial charge on any atom is -0.295 e. The van der Waals surface area contributed by atoms with Crippen molar-refractivity contribution in [3.05, 3.63) is 41.5 Å². The van der Waals surface area contributed by atoms with Gasteiger partial charge in [0.25, 0.3) is 0 Å². The quantitative estimate of drug-likeness (QED) is 0.703. The number of benzene rings is 1. The predicted molar refractivity (Wildman–Crippen MR) is 72.0 cm³/mol. The molecule has 17 heavy (non-hydrogen) atoms. The van der Waals surface area contributed by atoms with E-state index in [-0.39, 0.29) is 5.78 Å². The molecule has 1 heteroatoms. The van der Waals surface area contributed by atoms with Gasteiger partial charge in [0.05, 0.1) is 0 Å². The van der Waals surface area contributed by atoms with Gasteiger partial charge in [-0.2, -0.15) is 0 Å². The fourth-order valence-corrected chi connectivity index (χ4v) is 2.67. The lowest BCUT2D eigenvalue weighted by Gasteiger charge is -2.10. The van der Waals surface area contributed by atoms with E-state index in [4.69, 9.17) is 0 Å². The molecule has 1 saturated carbocycles. The summed E-state index contributed by atoms with van der Waals surface area (Å²) in [6.45, 7) is 3.59. The van der Waals surface area contributed by atoms with Crippen LogP contribution in [-0.4, -0.2) is 5.78 Å². The fraction of sp³-hybridized carbons (Fsp3) is 0.438. The summed E-state index contributed by atoms with van der Waals surface area (Å²) >= 11 is 0. The molecule has 1 fully saturated rings. The van der Waals surface area contributed by atoms with Gasteiger partial charge in [-0.1, -0.05) is 37.1 Å². The van der Waals surface area contributed by atoms with Gasteiger partial charge in [-0.25, -0.2) is 0 Å². The molecule has 0 radical (unpaired) electrons. The van der Waals surface area contributed by atoms with E-state index in [1.54, 1.807) is 13.0 Å². The molecular weight excluding hydrogens is 208 g/mol. The molecule has 0 bridgehead atoms. The summed E-state index contributed by atoms with van der Waals surface area (Å²) in [6.07, 6.45) is 7.11. The SMILES string of the molecule is CC(=O)/C=C(/C)c1ccc(C2CCCC2)cc1. The number of allylic oxidation sites excluding steroid dienone is 2. The summed E-state index contributed by atoms with van der Waals surface area (Å²) in [6, 6.07) is 8.73. The Balaban J connectivity index is 2.15. The van der Waals surface area contributed by atoms with E-state index in [0.29, 0.717) is 0 Å². The monoisotopic (exact) mass is 228 g/mol. The first-order valence-electron chi connectivity index (χ1n) is 6.46. The lowest BCUT2D eigenvalue weighted by molar-refractivity contribution is -0.112. The van der Waals surface area contributed by atoms with Crippen LogP contribution < -0.4 is 0 Å². The topological polar surface area (TPSA) is 17.1 Å². The molecule has 90 valence electrons. The molecule has 0 heterocycles. The lowest BCUT2D eigenvalue weighted by atomic mass is 9.95. The Morgan fingerprint density at radius 2 is 1.71 bits per heavy atom. The number of hydrogen-bond donors (Lipinski definition) is 0. The van der Waals surface area contributed by atoms with Crippen LogP contribution in [0, 0.1) is 0 Å². The first kappa shape index (κ1) is 12.1. The van der Waals surface area contributed by atoms with Crippen LogP contribution >= 0.6 is 0 Å². The molecule has 0 unspecified atom stereocenters. The molecule has 2 rings (SSSR count). The van der Waals surface area contributed by atoms with Crippen molar-refractivity contribution >= 4 is 11.4 Å². The third kappa shape index (κ3) is 3.06. The van der Waals surface area contributed by atoms with Gasteiger partial charge in [0, 0.05) is 0 Å². The van der Waals surface area contributed by atoms with Crippen molar-refractivity contribution < 1.29 is 4.79 Å². The fourth-order valence-electron chi connectivity index (χ4n) is 2.67. The van der Waals surface area contributed by atoms with Gasteiger partial charge in [0.1, 0.15) is 0 Å². The van der Waals surface area contributed by atoms with Crippen molar-refractivity contribution in [1.82, 2.24) is 0 Å². The van der Waals surface area contributed by atoms with Crippen LogP contribution in [0.4, 0.5) is 0 Å². The molecule has 1 aliphatic carbocycles. The largest absolute Gasteiger partial charge is 0.295 e. The molecule has 1 aromatic rings. The Labute approximate surface area is 104 Å². The summed E-state index contributed by atoms with van der Waals surface area (Å²) in [5.74, 6) is 0.878. The van der Waals surface area contributed by atoms with Crippen molar-refractivity contribution in [3.63, 3.8) is 0 Å². The van der Waals surface area contributed by atoms with Crippen molar-refractivity contribution in [2.45, 2.75) is 45.4 Å². The molecule has 0 amide bonds. The highest BCUT2D eigenvalue weighted by Crippen LogP contribution is 2.34. The highest BCUT2D eigenvalue weighted by molar-refractivity contribution is 5.94. The van der Waals surface area contributed by atoms with E-state index in [1.165, 1.54) is 31.2 Å². The first-order valence-corrected chi connectivity index (χ1v) is 6.46. The van der Waals surface area contributed by atoms with Gasteiger partial charge in [0.2, 0.25) is 0 Å². The van der Waals surface area contributed by atoms with Gasteiger partial charge < -0.3 is 0 Å². The number of carbonyl (C=O) groups is 1. The standard InChI is InChI=1S/C16H20O/c1-12(11-13(2)17)14-7-9-16(10-8-14)15-5-3-4-6-15/h7-11,15H,3-6H2,1-2H3/b12-11-. The van der Waals surface area contributed by atoms with Gasteiger partial charge >= 0.3 is 0 Å². The Morgan fingerprint density at radius 1 is 1.12 bits per heavy atom. The van der Waals surface area contributed by atoms with E-state index in [9.17, 15) is 4.79 Å². The van der Waals surface area contributed by atoms with Gasteiger partial charge in [-0.3, -0.25) is 4.79 Å². The minimum absolute atomic E-state index is 0.113. The van der Waals surface area contributed by atoms with Crippen LogP contribution in [0.25, 0.3) is 5.57 Å². The number of hydrogen-bond acceptors (Lipinski definition) is 1. The molecule has 0 saturated heterocycles. The van der Waals surface area contributed by atoms with E-state index in [1.807, 2.05) is 6.92 Å². The van der Waals surface area contributed by atoms with E-state index in [0.717, 1.165) is 17.1 Å². The van der Waals surface area contributed by atoms with Crippen LogP contribution in [0.3, 0.4) is 0 Å². The molecule has 0 aromatic heterocycles. The Hall–Kier alpha value is -1.37. The van der Waals surface area contributed by atoms with Crippen LogP contribution in [0.2, 0.25) is 0 Å². The molecule has 1 nitrogen and oxygen atoms in total. The van der Waals surface area contributed by atoms with Crippen LogP contribution in [0.5, 0.6) is 0 Å². The number of ketones is 1. The molecule has 1 aliphatic rings. The highest BCUT2D eigenvalue weighted by atomic mass is 16.1. The van der Waals surface area contributed by atoms with Gasteiger partial charge in [-0.05, 0) is 55.4 Å². The second-order valence-electron chi connectivity index (χ2n) is 5.04. The molecule has 0 aliphatic heterocycles. The van der Waals surface area contributed by atoms with E-state index in [2.05, 4.69) is 24.3 Å².